The summed E-state index contributed by atoms with van der Waals surface area (Å²) in [5.41, 5.74) is 4.68. The Balaban J connectivity index is 1.05. The van der Waals surface area contributed by atoms with E-state index in [1.807, 2.05) is 18.2 Å². The first-order chi connectivity index (χ1) is 21.5. The molecule has 13 heteroatoms. The quantitative estimate of drug-likeness (QED) is 0.267. The van der Waals surface area contributed by atoms with E-state index in [2.05, 4.69) is 40.2 Å². The average molecular weight is 595 g/mol. The molecule has 1 unspecified atom stereocenters. The second-order valence-corrected chi connectivity index (χ2v) is 10.7. The number of nitrogens with zero attached hydrogens (tertiary/aromatic N) is 7. The van der Waals surface area contributed by atoms with Gasteiger partial charge in [0.05, 0.1) is 53.8 Å². The Hall–Kier alpha value is -5.19. The van der Waals surface area contributed by atoms with Crippen LogP contribution in [0.1, 0.15) is 35.5 Å². The molecule has 222 valence electrons. The van der Waals surface area contributed by atoms with Crippen molar-refractivity contribution in [3.63, 3.8) is 0 Å². The number of aromatic nitrogens is 6. The highest BCUT2D eigenvalue weighted by molar-refractivity contribution is 5.78. The van der Waals surface area contributed by atoms with E-state index in [9.17, 15) is 9.18 Å². The van der Waals surface area contributed by atoms with Crippen molar-refractivity contribution in [1.29, 1.82) is 5.26 Å². The molecule has 1 atom stereocenters. The number of fused-ring (bicyclic) bond motifs is 1. The minimum Gasteiger partial charge on any atom is -0.473 e. The van der Waals surface area contributed by atoms with Crippen LogP contribution in [-0.4, -0.2) is 60.4 Å². The molecular weight excluding hydrogens is 567 g/mol. The SMILES string of the molecule is N#Cc1ccc(COc2cccc(C3=CCN(Cc4nc5cc(-c6noc(=O)[nH]6)ncc5n4CC4CCO4)CC3)n2)c(F)c1. The van der Waals surface area contributed by atoms with Crippen molar-refractivity contribution in [2.75, 3.05) is 19.7 Å². The van der Waals surface area contributed by atoms with Gasteiger partial charge in [0.2, 0.25) is 11.7 Å². The van der Waals surface area contributed by atoms with Gasteiger partial charge in [-0.15, -0.1) is 0 Å². The molecule has 0 aliphatic carbocycles. The molecule has 5 aromatic rings. The highest BCUT2D eigenvalue weighted by Gasteiger charge is 2.24. The number of H-pyrrole nitrogens is 1. The number of hydrogen-bond acceptors (Lipinski definition) is 10. The third kappa shape index (κ3) is 5.72. The molecule has 6 heterocycles. The summed E-state index contributed by atoms with van der Waals surface area (Å²) in [4.78, 5) is 30.4. The van der Waals surface area contributed by atoms with E-state index in [1.54, 1.807) is 30.5 Å². The molecule has 1 fully saturated rings. The molecule has 0 radical (unpaired) electrons. The maximum absolute atomic E-state index is 14.3. The Morgan fingerprint density at radius 1 is 1.18 bits per heavy atom. The second-order valence-electron chi connectivity index (χ2n) is 10.7. The summed E-state index contributed by atoms with van der Waals surface area (Å²) in [5.74, 6) is 0.453. The number of benzene rings is 1. The van der Waals surface area contributed by atoms with Crippen LogP contribution in [0.4, 0.5) is 4.39 Å². The molecule has 0 amide bonds. The number of imidazole rings is 1. The van der Waals surface area contributed by atoms with Gasteiger partial charge in [-0.2, -0.15) is 5.26 Å². The Kier molecular flexibility index (Phi) is 7.43. The van der Waals surface area contributed by atoms with Crippen molar-refractivity contribution in [1.82, 2.24) is 34.6 Å². The minimum atomic E-state index is -0.638. The van der Waals surface area contributed by atoms with Crippen LogP contribution >= 0.6 is 0 Å². The number of halogens is 1. The number of pyridine rings is 2. The lowest BCUT2D eigenvalue weighted by atomic mass is 10.0. The smallest absolute Gasteiger partial charge is 0.439 e. The molecule has 4 aromatic heterocycles. The third-order valence-corrected chi connectivity index (χ3v) is 7.84. The van der Waals surface area contributed by atoms with Crippen molar-refractivity contribution in [3.8, 4) is 23.5 Å². The fourth-order valence-corrected chi connectivity index (χ4v) is 5.35. The lowest BCUT2D eigenvalue weighted by Crippen LogP contribution is -2.33. The lowest BCUT2D eigenvalue weighted by Gasteiger charge is -2.29. The van der Waals surface area contributed by atoms with Crippen molar-refractivity contribution < 1.29 is 18.4 Å². The predicted octanol–water partition coefficient (Wildman–Crippen LogP) is 3.84. The fraction of sp³-hybridized carbons (Fsp3) is 0.290. The molecule has 0 bridgehead atoms. The van der Waals surface area contributed by atoms with Crippen molar-refractivity contribution in [2.45, 2.75) is 38.6 Å². The van der Waals surface area contributed by atoms with Gasteiger partial charge in [0, 0.05) is 31.3 Å². The summed E-state index contributed by atoms with van der Waals surface area (Å²) in [6.07, 6.45) is 5.84. The van der Waals surface area contributed by atoms with E-state index in [1.165, 1.54) is 6.07 Å². The Morgan fingerprint density at radius 3 is 2.82 bits per heavy atom. The standard InChI is InChI=1S/C31H27FN8O4/c32-23-12-19(14-33)4-5-21(23)18-43-29-3-1-2-24(36-29)20-6-9-39(10-7-20)17-28-35-25-13-26(30-37-31(41)44-38-30)34-15-27(25)40(28)16-22-8-11-42-22/h1-6,12-13,15,22H,7-11,16-18H2,(H,37,38,41). The first-order valence-corrected chi connectivity index (χ1v) is 14.3. The van der Waals surface area contributed by atoms with Crippen LogP contribution in [0.5, 0.6) is 5.88 Å². The summed E-state index contributed by atoms with van der Waals surface area (Å²) in [7, 11) is 0. The molecule has 1 saturated heterocycles. The summed E-state index contributed by atoms with van der Waals surface area (Å²) in [6, 6.07) is 13.6. The zero-order chi connectivity index (χ0) is 30.0. The van der Waals surface area contributed by atoms with Crippen LogP contribution in [-0.2, 0) is 24.4 Å². The summed E-state index contributed by atoms with van der Waals surface area (Å²) < 4.78 is 32.6. The minimum absolute atomic E-state index is 0.0151. The van der Waals surface area contributed by atoms with Gasteiger partial charge in [-0.1, -0.05) is 23.4 Å². The van der Waals surface area contributed by atoms with Gasteiger partial charge in [0.25, 0.3) is 0 Å². The number of ether oxygens (including phenoxy) is 2. The van der Waals surface area contributed by atoms with Gasteiger partial charge >= 0.3 is 5.76 Å². The summed E-state index contributed by atoms with van der Waals surface area (Å²) in [5, 5.41) is 12.7. The van der Waals surface area contributed by atoms with Gasteiger partial charge in [-0.05, 0) is 42.7 Å². The van der Waals surface area contributed by atoms with Crippen LogP contribution in [0, 0.1) is 17.1 Å². The van der Waals surface area contributed by atoms with Crippen molar-refractivity contribution >= 4 is 16.6 Å². The zero-order valence-electron chi connectivity index (χ0n) is 23.6. The van der Waals surface area contributed by atoms with Crippen LogP contribution in [0.15, 0.2) is 64.1 Å². The predicted molar refractivity (Wildman–Crippen MR) is 156 cm³/mol. The monoisotopic (exact) mass is 594 g/mol. The Bertz CT molecular complexity index is 1970. The Labute approximate surface area is 250 Å². The van der Waals surface area contributed by atoms with Gasteiger partial charge < -0.3 is 14.0 Å². The second kappa shape index (κ2) is 11.8. The Morgan fingerprint density at radius 2 is 2.09 bits per heavy atom. The fourth-order valence-electron chi connectivity index (χ4n) is 5.35. The topological polar surface area (TPSA) is 148 Å². The number of rotatable bonds is 9. The molecule has 1 N–H and O–H groups in total. The number of nitrogens with one attached hydrogen (secondary N) is 1. The van der Waals surface area contributed by atoms with Gasteiger partial charge in [-0.25, -0.2) is 19.2 Å². The molecule has 0 saturated carbocycles. The molecule has 7 rings (SSSR count). The zero-order valence-corrected chi connectivity index (χ0v) is 23.6. The number of nitriles is 1. The molecular formula is C31H27FN8O4. The molecule has 12 nitrogen and oxygen atoms in total. The highest BCUT2D eigenvalue weighted by atomic mass is 19.1. The van der Waals surface area contributed by atoms with Gasteiger partial charge in [-0.3, -0.25) is 19.4 Å². The lowest BCUT2D eigenvalue weighted by molar-refractivity contribution is -0.0591. The van der Waals surface area contributed by atoms with E-state index in [0.717, 1.165) is 54.1 Å². The number of hydrogen-bond donors (Lipinski definition) is 1. The molecule has 0 spiro atoms. The van der Waals surface area contributed by atoms with E-state index in [4.69, 9.17) is 19.7 Å². The molecule has 2 aliphatic heterocycles. The maximum Gasteiger partial charge on any atom is 0.439 e. The van der Waals surface area contributed by atoms with Crippen LogP contribution < -0.4 is 10.5 Å². The van der Waals surface area contributed by atoms with Crippen LogP contribution in [0.25, 0.3) is 28.1 Å². The van der Waals surface area contributed by atoms with E-state index < -0.39 is 11.6 Å². The normalized spacial score (nSPS) is 16.8. The highest BCUT2D eigenvalue weighted by Crippen LogP contribution is 2.27. The van der Waals surface area contributed by atoms with Gasteiger partial charge in [0.15, 0.2) is 0 Å². The number of aromatic amines is 1. The average Bonchev–Trinajstić information content (AvgIpc) is 3.61. The largest absolute Gasteiger partial charge is 0.473 e. The van der Waals surface area contributed by atoms with E-state index in [-0.39, 0.29) is 24.1 Å². The third-order valence-electron chi connectivity index (χ3n) is 7.84. The summed E-state index contributed by atoms with van der Waals surface area (Å²) in [6.45, 7) is 3.62. The summed E-state index contributed by atoms with van der Waals surface area (Å²) >= 11 is 0. The van der Waals surface area contributed by atoms with Crippen molar-refractivity contribution in [2.24, 2.45) is 0 Å². The molecule has 2 aliphatic rings. The van der Waals surface area contributed by atoms with Crippen LogP contribution in [0.2, 0.25) is 0 Å². The van der Waals surface area contributed by atoms with Gasteiger partial charge in [0.1, 0.15) is 23.9 Å². The first kappa shape index (κ1) is 27.6. The van der Waals surface area contributed by atoms with E-state index >= 15 is 0 Å². The van der Waals surface area contributed by atoms with Crippen LogP contribution in [0.3, 0.4) is 0 Å². The molecule has 1 aromatic carbocycles. The molecule has 44 heavy (non-hydrogen) atoms. The van der Waals surface area contributed by atoms with Crippen molar-refractivity contribution in [3.05, 3.63) is 93.8 Å². The van der Waals surface area contributed by atoms with E-state index in [0.29, 0.717) is 36.8 Å². The first-order valence-electron chi connectivity index (χ1n) is 14.3. The maximum atomic E-state index is 14.3.